The van der Waals surface area contributed by atoms with Crippen LogP contribution in [0.3, 0.4) is 0 Å². The highest BCUT2D eigenvalue weighted by molar-refractivity contribution is 6.10. The quantitative estimate of drug-likeness (QED) is 0.162. The van der Waals surface area contributed by atoms with E-state index in [4.69, 9.17) is 4.42 Å². The molecule has 0 saturated carbocycles. The van der Waals surface area contributed by atoms with Crippen molar-refractivity contribution in [1.82, 2.24) is 0 Å². The first-order valence-electron chi connectivity index (χ1n) is 19.8. The van der Waals surface area contributed by atoms with Gasteiger partial charge in [0.15, 0.2) is 0 Å². The van der Waals surface area contributed by atoms with E-state index < -0.39 is 0 Å². The molecule has 0 aliphatic rings. The topological polar surface area (TPSA) is 16.4 Å². The Bertz CT molecular complexity index is 3280. The second-order valence-electron chi connectivity index (χ2n) is 14.9. The fourth-order valence-corrected chi connectivity index (χ4v) is 8.61. The van der Waals surface area contributed by atoms with Crippen LogP contribution in [0, 0.1) is 0 Å². The minimum atomic E-state index is 0.895. The van der Waals surface area contributed by atoms with Crippen molar-refractivity contribution in [3.63, 3.8) is 0 Å². The number of para-hydroxylation sites is 2. The molecule has 2 heteroatoms. The van der Waals surface area contributed by atoms with Crippen LogP contribution in [0.4, 0.5) is 17.1 Å². The second-order valence-corrected chi connectivity index (χ2v) is 14.9. The Labute approximate surface area is 337 Å². The van der Waals surface area contributed by atoms with Gasteiger partial charge in [-0.1, -0.05) is 182 Å². The largest absolute Gasteiger partial charge is 0.455 e. The van der Waals surface area contributed by atoms with Crippen molar-refractivity contribution in [2.24, 2.45) is 0 Å². The number of nitrogens with zero attached hydrogens (tertiary/aromatic N) is 1. The molecule has 0 saturated heterocycles. The lowest BCUT2D eigenvalue weighted by atomic mass is 9.95. The normalized spacial score (nSPS) is 11.4. The lowest BCUT2D eigenvalue weighted by molar-refractivity contribution is 0.670. The van der Waals surface area contributed by atoms with Crippen molar-refractivity contribution in [3.05, 3.63) is 224 Å². The van der Waals surface area contributed by atoms with E-state index in [9.17, 15) is 0 Å². The molecule has 0 amide bonds. The molecule has 58 heavy (non-hydrogen) atoms. The first-order valence-corrected chi connectivity index (χ1v) is 19.8. The fraction of sp³-hybridized carbons (Fsp3) is 0. The number of furan rings is 1. The highest BCUT2D eigenvalue weighted by atomic mass is 16.3. The van der Waals surface area contributed by atoms with Crippen molar-refractivity contribution < 1.29 is 4.42 Å². The van der Waals surface area contributed by atoms with Crippen LogP contribution in [-0.2, 0) is 0 Å². The zero-order valence-corrected chi connectivity index (χ0v) is 31.7. The Morgan fingerprint density at radius 3 is 1.78 bits per heavy atom. The lowest BCUT2D eigenvalue weighted by Crippen LogP contribution is -2.11. The van der Waals surface area contributed by atoms with Crippen molar-refractivity contribution >= 4 is 60.5 Å². The summed E-state index contributed by atoms with van der Waals surface area (Å²) < 4.78 is 6.55. The Morgan fingerprint density at radius 1 is 0.293 bits per heavy atom. The third kappa shape index (κ3) is 5.91. The summed E-state index contributed by atoms with van der Waals surface area (Å²) in [6, 6.07) is 80.8. The monoisotopic (exact) mass is 739 g/mol. The molecular weight excluding hydrogens is 703 g/mol. The first-order chi connectivity index (χ1) is 28.7. The van der Waals surface area contributed by atoms with E-state index in [1.54, 1.807) is 0 Å². The summed E-state index contributed by atoms with van der Waals surface area (Å²) in [5, 5.41) is 7.19. The lowest BCUT2D eigenvalue weighted by Gasteiger charge is -2.29. The third-order valence-corrected chi connectivity index (χ3v) is 11.5. The zero-order chi connectivity index (χ0) is 38.4. The van der Waals surface area contributed by atoms with E-state index in [2.05, 4.69) is 217 Å². The van der Waals surface area contributed by atoms with Crippen molar-refractivity contribution in [3.8, 4) is 44.5 Å². The smallest absolute Gasteiger partial charge is 0.143 e. The van der Waals surface area contributed by atoms with E-state index in [0.29, 0.717) is 0 Å². The van der Waals surface area contributed by atoms with Crippen LogP contribution in [0.25, 0.3) is 88.0 Å². The van der Waals surface area contributed by atoms with Gasteiger partial charge in [-0.2, -0.15) is 0 Å². The summed E-state index contributed by atoms with van der Waals surface area (Å²) in [5.41, 5.74) is 14.2. The van der Waals surface area contributed by atoms with Gasteiger partial charge in [-0.25, -0.2) is 0 Å². The summed E-state index contributed by atoms with van der Waals surface area (Å²) in [6.07, 6.45) is 0. The van der Waals surface area contributed by atoms with Crippen LogP contribution in [0.5, 0.6) is 0 Å². The van der Waals surface area contributed by atoms with E-state index in [1.807, 2.05) is 12.1 Å². The molecule has 11 rings (SSSR count). The van der Waals surface area contributed by atoms with Gasteiger partial charge in [-0.05, 0) is 97.4 Å². The molecule has 1 aromatic heterocycles. The van der Waals surface area contributed by atoms with Gasteiger partial charge in [-0.15, -0.1) is 0 Å². The minimum absolute atomic E-state index is 0.895. The summed E-state index contributed by atoms with van der Waals surface area (Å²) in [7, 11) is 0. The number of hydrogen-bond donors (Lipinski definition) is 0. The van der Waals surface area contributed by atoms with Gasteiger partial charge in [0.1, 0.15) is 11.2 Å². The van der Waals surface area contributed by atoms with Crippen molar-refractivity contribution in [2.45, 2.75) is 0 Å². The highest BCUT2D eigenvalue weighted by Gasteiger charge is 2.21. The van der Waals surface area contributed by atoms with Gasteiger partial charge in [-0.3, -0.25) is 0 Å². The van der Waals surface area contributed by atoms with Crippen LogP contribution in [0.2, 0.25) is 0 Å². The number of rotatable bonds is 7. The molecule has 0 aliphatic carbocycles. The minimum Gasteiger partial charge on any atom is -0.455 e. The SMILES string of the molecule is c1ccc(-c2ccc(-c3ccc4ccccc4c3)cc2N(c2ccc(-c3cccc4ccccc34)cc2)c2cccc(-c3cccc4c3oc3ccccc34)c2)cc1. The maximum atomic E-state index is 6.55. The molecule has 272 valence electrons. The number of fused-ring (bicyclic) bond motifs is 5. The molecule has 0 aliphatic heterocycles. The highest BCUT2D eigenvalue weighted by Crippen LogP contribution is 2.45. The summed E-state index contributed by atoms with van der Waals surface area (Å²) >= 11 is 0. The van der Waals surface area contributed by atoms with Gasteiger partial charge < -0.3 is 9.32 Å². The first kappa shape index (κ1) is 33.6. The average Bonchev–Trinajstić information content (AvgIpc) is 3.68. The Balaban J connectivity index is 1.13. The number of benzene rings is 10. The molecule has 0 radical (unpaired) electrons. The number of anilines is 3. The van der Waals surface area contributed by atoms with Gasteiger partial charge in [0.05, 0.1) is 5.69 Å². The molecule has 0 bridgehead atoms. The molecule has 0 N–H and O–H groups in total. The molecule has 0 spiro atoms. The van der Waals surface area contributed by atoms with Crippen molar-refractivity contribution in [1.29, 1.82) is 0 Å². The zero-order valence-electron chi connectivity index (χ0n) is 31.7. The van der Waals surface area contributed by atoms with Crippen LogP contribution in [-0.4, -0.2) is 0 Å². The Kier molecular flexibility index (Phi) is 8.19. The summed E-state index contributed by atoms with van der Waals surface area (Å²) in [4.78, 5) is 2.42. The van der Waals surface area contributed by atoms with Gasteiger partial charge >= 0.3 is 0 Å². The number of hydrogen-bond acceptors (Lipinski definition) is 2. The fourth-order valence-electron chi connectivity index (χ4n) is 8.61. The summed E-state index contributed by atoms with van der Waals surface area (Å²) in [6.45, 7) is 0. The molecule has 11 aromatic rings. The molecular formula is C56H37NO. The van der Waals surface area contributed by atoms with Gasteiger partial charge in [0.2, 0.25) is 0 Å². The molecule has 2 nitrogen and oxygen atoms in total. The molecule has 0 fully saturated rings. The Morgan fingerprint density at radius 2 is 0.897 bits per heavy atom. The van der Waals surface area contributed by atoms with Gasteiger partial charge in [0.25, 0.3) is 0 Å². The van der Waals surface area contributed by atoms with E-state index in [0.717, 1.165) is 66.8 Å². The molecule has 10 aromatic carbocycles. The predicted molar refractivity (Wildman–Crippen MR) is 245 cm³/mol. The van der Waals surface area contributed by atoms with E-state index >= 15 is 0 Å². The van der Waals surface area contributed by atoms with Crippen LogP contribution in [0.1, 0.15) is 0 Å². The molecule has 1 heterocycles. The molecule has 0 unspecified atom stereocenters. The van der Waals surface area contributed by atoms with Crippen molar-refractivity contribution in [2.75, 3.05) is 4.90 Å². The molecule has 0 atom stereocenters. The second kappa shape index (κ2) is 14.1. The summed E-state index contributed by atoms with van der Waals surface area (Å²) in [5.74, 6) is 0. The van der Waals surface area contributed by atoms with E-state index in [1.165, 1.54) is 38.2 Å². The van der Waals surface area contributed by atoms with Crippen LogP contribution < -0.4 is 4.90 Å². The van der Waals surface area contributed by atoms with Gasteiger partial charge in [0, 0.05) is 33.3 Å². The maximum Gasteiger partial charge on any atom is 0.143 e. The third-order valence-electron chi connectivity index (χ3n) is 11.5. The Hall–Kier alpha value is -7.68. The van der Waals surface area contributed by atoms with Crippen LogP contribution in [0.15, 0.2) is 229 Å². The maximum absolute atomic E-state index is 6.55. The van der Waals surface area contributed by atoms with E-state index in [-0.39, 0.29) is 0 Å². The standard InChI is InChI=1S/C56H37NO/c1-2-14-40(15-3-1)50-34-31-44(43-28-27-38-13-4-5-17-42(38)35-43)37-54(50)57(46-32-29-41(30-33-46)49-23-11-18-39-16-6-7-21-48(39)49)47-20-10-19-45(36-47)51-24-12-25-53-52-22-8-9-26-55(52)58-56(51)53/h1-37H. The predicted octanol–water partition coefficient (Wildman–Crippen LogP) is 16.0. The van der Waals surface area contributed by atoms with Crippen LogP contribution >= 0.6 is 0 Å². The average molecular weight is 740 g/mol.